The second kappa shape index (κ2) is 5.96. The van der Waals surface area contributed by atoms with Crippen LogP contribution in [0, 0.1) is 6.92 Å². The van der Waals surface area contributed by atoms with Crippen LogP contribution in [0.5, 0.6) is 0 Å². The van der Waals surface area contributed by atoms with E-state index in [1.54, 1.807) is 9.58 Å². The molecular formula is C14H18N6OS. The Kier molecular flexibility index (Phi) is 4.02. The van der Waals surface area contributed by atoms with Gasteiger partial charge in [0, 0.05) is 19.7 Å². The first-order chi connectivity index (χ1) is 10.6. The van der Waals surface area contributed by atoms with E-state index >= 15 is 0 Å². The predicted octanol–water partition coefficient (Wildman–Crippen LogP) is 1.46. The molecule has 1 amide bonds. The van der Waals surface area contributed by atoms with Gasteiger partial charge in [0.2, 0.25) is 0 Å². The number of hydrogen-bond acceptors (Lipinski definition) is 6. The van der Waals surface area contributed by atoms with E-state index in [0.717, 1.165) is 23.0 Å². The van der Waals surface area contributed by atoms with E-state index in [4.69, 9.17) is 0 Å². The van der Waals surface area contributed by atoms with Gasteiger partial charge in [0.25, 0.3) is 5.91 Å². The molecule has 1 saturated heterocycles. The van der Waals surface area contributed by atoms with Crippen LogP contribution >= 0.6 is 11.8 Å². The lowest BCUT2D eigenvalue weighted by Crippen LogP contribution is -2.34. The molecule has 1 fully saturated rings. The lowest BCUT2D eigenvalue weighted by atomic mass is 10.2. The van der Waals surface area contributed by atoms with Gasteiger partial charge in [-0.2, -0.15) is 5.10 Å². The van der Waals surface area contributed by atoms with Crippen LogP contribution in [0.25, 0.3) is 0 Å². The van der Waals surface area contributed by atoms with Crippen molar-refractivity contribution >= 4 is 29.3 Å². The fourth-order valence-electron chi connectivity index (χ4n) is 2.58. The molecule has 3 heterocycles. The monoisotopic (exact) mass is 318 g/mol. The standard InChI is InChI=1S/C14H18N6OS/c1-9-8-13(19(2)18-9)20-7-6-10(14(20)21)15-11-4-5-12(22-3)17-16-11/h4-5,8,10H,6-7H2,1-3H3,(H,15,16). The van der Waals surface area contributed by atoms with Crippen molar-refractivity contribution in [2.24, 2.45) is 7.05 Å². The Morgan fingerprint density at radius 2 is 2.18 bits per heavy atom. The fourth-order valence-corrected chi connectivity index (χ4v) is 2.90. The first kappa shape index (κ1) is 14.8. The number of aryl methyl sites for hydroxylation is 2. The minimum absolute atomic E-state index is 0.0405. The molecule has 1 N–H and O–H groups in total. The Morgan fingerprint density at radius 1 is 1.36 bits per heavy atom. The van der Waals surface area contributed by atoms with Gasteiger partial charge in [0.1, 0.15) is 22.7 Å². The maximum Gasteiger partial charge on any atom is 0.250 e. The van der Waals surface area contributed by atoms with Crippen LogP contribution in [0.2, 0.25) is 0 Å². The summed E-state index contributed by atoms with van der Waals surface area (Å²) in [5.41, 5.74) is 0.903. The van der Waals surface area contributed by atoms with Gasteiger partial charge in [-0.1, -0.05) is 0 Å². The van der Waals surface area contributed by atoms with Crippen LogP contribution < -0.4 is 10.2 Å². The smallest absolute Gasteiger partial charge is 0.250 e. The number of anilines is 2. The zero-order chi connectivity index (χ0) is 15.7. The normalized spacial score (nSPS) is 18.0. The Bertz CT molecular complexity index is 683. The average Bonchev–Trinajstić information content (AvgIpc) is 3.03. The number of aromatic nitrogens is 4. The summed E-state index contributed by atoms with van der Waals surface area (Å²) in [6, 6.07) is 5.39. The average molecular weight is 318 g/mol. The van der Waals surface area contributed by atoms with Gasteiger partial charge >= 0.3 is 0 Å². The highest BCUT2D eigenvalue weighted by molar-refractivity contribution is 7.98. The van der Waals surface area contributed by atoms with E-state index in [1.807, 2.05) is 38.4 Å². The van der Waals surface area contributed by atoms with E-state index in [2.05, 4.69) is 20.6 Å². The van der Waals surface area contributed by atoms with Gasteiger partial charge in [-0.15, -0.1) is 22.0 Å². The predicted molar refractivity (Wildman–Crippen MR) is 86.1 cm³/mol. The molecular weight excluding hydrogens is 300 g/mol. The molecule has 116 valence electrons. The number of carbonyl (C=O) groups is 1. The summed E-state index contributed by atoms with van der Waals surface area (Å²) in [5, 5.41) is 16.5. The first-order valence-electron chi connectivity index (χ1n) is 7.05. The molecule has 0 saturated carbocycles. The summed E-state index contributed by atoms with van der Waals surface area (Å²) in [4.78, 5) is 14.3. The van der Waals surface area contributed by atoms with Crippen molar-refractivity contribution in [3.05, 3.63) is 23.9 Å². The van der Waals surface area contributed by atoms with Crippen LogP contribution in [-0.2, 0) is 11.8 Å². The van der Waals surface area contributed by atoms with Crippen molar-refractivity contribution in [3.63, 3.8) is 0 Å². The van der Waals surface area contributed by atoms with Crippen molar-refractivity contribution < 1.29 is 4.79 Å². The lowest BCUT2D eigenvalue weighted by molar-refractivity contribution is -0.117. The van der Waals surface area contributed by atoms with Gasteiger partial charge in [0.15, 0.2) is 0 Å². The van der Waals surface area contributed by atoms with Crippen LogP contribution in [-0.4, -0.2) is 44.7 Å². The molecule has 8 heteroatoms. The minimum atomic E-state index is -0.273. The van der Waals surface area contributed by atoms with E-state index in [-0.39, 0.29) is 11.9 Å². The second-order valence-electron chi connectivity index (χ2n) is 5.20. The molecule has 2 aromatic heterocycles. The summed E-state index contributed by atoms with van der Waals surface area (Å²) >= 11 is 1.54. The third kappa shape index (κ3) is 2.78. The van der Waals surface area contributed by atoms with Crippen LogP contribution in [0.4, 0.5) is 11.6 Å². The highest BCUT2D eigenvalue weighted by Crippen LogP contribution is 2.23. The second-order valence-corrected chi connectivity index (χ2v) is 6.03. The number of thioether (sulfide) groups is 1. The van der Waals surface area contributed by atoms with Crippen LogP contribution in [0.15, 0.2) is 23.2 Å². The molecule has 3 rings (SSSR count). The molecule has 1 unspecified atom stereocenters. The van der Waals surface area contributed by atoms with Crippen molar-refractivity contribution in [2.75, 3.05) is 23.0 Å². The number of rotatable bonds is 4. The Hall–Kier alpha value is -2.09. The van der Waals surface area contributed by atoms with Gasteiger partial charge < -0.3 is 5.32 Å². The van der Waals surface area contributed by atoms with E-state index < -0.39 is 0 Å². The number of hydrogen-bond donors (Lipinski definition) is 1. The molecule has 0 spiro atoms. The van der Waals surface area contributed by atoms with E-state index in [0.29, 0.717) is 12.4 Å². The van der Waals surface area contributed by atoms with Gasteiger partial charge in [-0.25, -0.2) is 0 Å². The summed E-state index contributed by atoms with van der Waals surface area (Å²) in [5.74, 6) is 1.49. The number of carbonyl (C=O) groups excluding carboxylic acids is 1. The summed E-state index contributed by atoms with van der Waals surface area (Å²) in [6.45, 7) is 2.59. The molecule has 7 nitrogen and oxygen atoms in total. The van der Waals surface area contributed by atoms with Crippen molar-refractivity contribution in [3.8, 4) is 0 Å². The topological polar surface area (TPSA) is 75.9 Å². The quantitative estimate of drug-likeness (QED) is 0.860. The first-order valence-corrected chi connectivity index (χ1v) is 8.27. The highest BCUT2D eigenvalue weighted by atomic mass is 32.2. The van der Waals surface area contributed by atoms with Gasteiger partial charge in [-0.05, 0) is 31.7 Å². The third-order valence-electron chi connectivity index (χ3n) is 3.63. The minimum Gasteiger partial charge on any atom is -0.357 e. The molecule has 0 aromatic carbocycles. The van der Waals surface area contributed by atoms with Crippen LogP contribution in [0.1, 0.15) is 12.1 Å². The van der Waals surface area contributed by atoms with E-state index in [1.165, 1.54) is 11.8 Å². The van der Waals surface area contributed by atoms with Crippen molar-refractivity contribution in [1.82, 2.24) is 20.0 Å². The zero-order valence-corrected chi connectivity index (χ0v) is 13.6. The molecule has 0 aliphatic carbocycles. The molecule has 1 aliphatic rings. The molecule has 1 atom stereocenters. The number of amides is 1. The zero-order valence-electron chi connectivity index (χ0n) is 12.8. The molecule has 0 bridgehead atoms. The van der Waals surface area contributed by atoms with Crippen molar-refractivity contribution in [1.29, 1.82) is 0 Å². The Balaban J connectivity index is 1.72. The SMILES string of the molecule is CSc1ccc(NC2CCN(c3cc(C)nn3C)C2=O)nn1. The Morgan fingerprint density at radius 3 is 2.77 bits per heavy atom. The largest absolute Gasteiger partial charge is 0.357 e. The maximum atomic E-state index is 12.6. The number of nitrogens with zero attached hydrogens (tertiary/aromatic N) is 5. The molecule has 2 aromatic rings. The lowest BCUT2D eigenvalue weighted by Gasteiger charge is -2.17. The molecule has 1 aliphatic heterocycles. The van der Waals surface area contributed by atoms with Gasteiger partial charge in [-0.3, -0.25) is 14.4 Å². The highest BCUT2D eigenvalue weighted by Gasteiger charge is 2.34. The third-order valence-corrected chi connectivity index (χ3v) is 4.27. The summed E-state index contributed by atoms with van der Waals surface area (Å²) < 4.78 is 1.74. The molecule has 22 heavy (non-hydrogen) atoms. The molecule has 0 radical (unpaired) electrons. The fraction of sp³-hybridized carbons (Fsp3) is 0.429. The van der Waals surface area contributed by atoms with Gasteiger partial charge in [0.05, 0.1) is 5.69 Å². The Labute approximate surface area is 133 Å². The summed E-state index contributed by atoms with van der Waals surface area (Å²) in [7, 11) is 1.85. The summed E-state index contributed by atoms with van der Waals surface area (Å²) in [6.07, 6.45) is 2.68. The van der Waals surface area contributed by atoms with Crippen molar-refractivity contribution in [2.45, 2.75) is 24.4 Å². The number of nitrogens with one attached hydrogen (secondary N) is 1. The van der Waals surface area contributed by atoms with Crippen LogP contribution in [0.3, 0.4) is 0 Å². The van der Waals surface area contributed by atoms with E-state index in [9.17, 15) is 4.79 Å². The maximum absolute atomic E-state index is 12.6.